The number of nitrogens with zero attached hydrogens (tertiary/aromatic N) is 2. The molecule has 0 N–H and O–H groups in total. The normalized spacial score (nSPS) is 31.8. The number of hydrogen-bond acceptors (Lipinski definition) is 3. The molecule has 0 spiro atoms. The summed E-state index contributed by atoms with van der Waals surface area (Å²) in [7, 11) is 1.96. The predicted molar refractivity (Wildman–Crippen MR) is 98.3 cm³/mol. The van der Waals surface area contributed by atoms with Crippen molar-refractivity contribution in [1.29, 1.82) is 0 Å². The number of rotatable bonds is 3. The maximum Gasteiger partial charge on any atom is 0.249 e. The van der Waals surface area contributed by atoms with Crippen LogP contribution in [0.15, 0.2) is 30.3 Å². The Morgan fingerprint density at radius 2 is 1.92 bits per heavy atom. The molecule has 1 aromatic carbocycles. The maximum atomic E-state index is 12.4. The van der Waals surface area contributed by atoms with Crippen LogP contribution in [0.2, 0.25) is 0 Å². The molecule has 3 fully saturated rings. The highest BCUT2D eigenvalue weighted by Crippen LogP contribution is 2.42. The van der Waals surface area contributed by atoms with Crippen molar-refractivity contribution in [3.05, 3.63) is 35.9 Å². The van der Waals surface area contributed by atoms with E-state index in [2.05, 4.69) is 29.2 Å². The lowest BCUT2D eigenvalue weighted by molar-refractivity contribution is -0.183. The Kier molecular flexibility index (Phi) is 4.83. The molecule has 1 aromatic rings. The highest BCUT2D eigenvalue weighted by molar-refractivity contribution is 5.79. The second-order valence-electron chi connectivity index (χ2n) is 8.06. The van der Waals surface area contributed by atoms with E-state index in [1.165, 1.54) is 44.2 Å². The van der Waals surface area contributed by atoms with Gasteiger partial charge in [-0.05, 0) is 30.7 Å². The van der Waals surface area contributed by atoms with Gasteiger partial charge in [0.25, 0.3) is 0 Å². The van der Waals surface area contributed by atoms with E-state index in [0.29, 0.717) is 0 Å². The van der Waals surface area contributed by atoms with Gasteiger partial charge in [0.05, 0.1) is 11.6 Å². The van der Waals surface area contributed by atoms with Crippen molar-refractivity contribution in [2.45, 2.75) is 50.2 Å². The number of amides is 1. The summed E-state index contributed by atoms with van der Waals surface area (Å²) in [6.45, 7) is 3.39. The summed E-state index contributed by atoms with van der Waals surface area (Å²) in [5.74, 6) is 0.946. The molecule has 0 aromatic heterocycles. The van der Waals surface area contributed by atoms with Gasteiger partial charge in [0.2, 0.25) is 5.91 Å². The van der Waals surface area contributed by atoms with Crippen molar-refractivity contribution in [3.63, 3.8) is 0 Å². The Bertz CT molecular complexity index is 599. The summed E-state index contributed by atoms with van der Waals surface area (Å²) in [6, 6.07) is 10.5. The second-order valence-corrected chi connectivity index (χ2v) is 8.06. The summed E-state index contributed by atoms with van der Waals surface area (Å²) in [5, 5.41) is 0. The molecule has 4 rings (SSSR count). The Labute approximate surface area is 151 Å². The number of carbonyl (C=O) groups is 1. The SMILES string of the molecule is CN1C(=O)CO[C@@H]2CN(CC3CCCCC3)CC[C@]21c1ccccc1. The van der Waals surface area contributed by atoms with Crippen LogP contribution in [-0.4, -0.2) is 55.1 Å². The predicted octanol–water partition coefficient (Wildman–Crippen LogP) is 3.03. The van der Waals surface area contributed by atoms with Crippen LogP contribution in [0.5, 0.6) is 0 Å². The molecule has 2 atom stereocenters. The van der Waals surface area contributed by atoms with Gasteiger partial charge < -0.3 is 14.5 Å². The third-order valence-electron chi connectivity index (χ3n) is 6.66. The van der Waals surface area contributed by atoms with E-state index in [-0.39, 0.29) is 24.2 Å². The third kappa shape index (κ3) is 3.11. The van der Waals surface area contributed by atoms with Crippen LogP contribution in [0.1, 0.15) is 44.1 Å². The quantitative estimate of drug-likeness (QED) is 0.846. The fourth-order valence-electron chi connectivity index (χ4n) is 5.18. The van der Waals surface area contributed by atoms with Crippen molar-refractivity contribution < 1.29 is 9.53 Å². The molecule has 1 saturated carbocycles. The first-order valence-corrected chi connectivity index (χ1v) is 9.86. The van der Waals surface area contributed by atoms with Gasteiger partial charge in [-0.2, -0.15) is 0 Å². The van der Waals surface area contributed by atoms with E-state index in [1.807, 2.05) is 18.0 Å². The molecule has 2 saturated heterocycles. The zero-order valence-corrected chi connectivity index (χ0v) is 15.3. The zero-order valence-electron chi connectivity index (χ0n) is 15.3. The maximum absolute atomic E-state index is 12.4. The minimum atomic E-state index is -0.306. The van der Waals surface area contributed by atoms with Crippen LogP contribution in [-0.2, 0) is 15.1 Å². The van der Waals surface area contributed by atoms with Gasteiger partial charge in [0, 0.05) is 26.7 Å². The summed E-state index contributed by atoms with van der Waals surface area (Å²) >= 11 is 0. The first kappa shape index (κ1) is 17.0. The molecule has 4 nitrogen and oxygen atoms in total. The molecule has 3 aliphatic rings. The summed E-state index contributed by atoms with van der Waals surface area (Å²) in [5.41, 5.74) is 0.910. The van der Waals surface area contributed by atoms with E-state index in [0.717, 1.165) is 25.4 Å². The first-order valence-electron chi connectivity index (χ1n) is 9.86. The van der Waals surface area contributed by atoms with E-state index >= 15 is 0 Å². The minimum Gasteiger partial charge on any atom is -0.364 e. The van der Waals surface area contributed by atoms with E-state index in [4.69, 9.17) is 4.74 Å². The van der Waals surface area contributed by atoms with Crippen LogP contribution < -0.4 is 0 Å². The van der Waals surface area contributed by atoms with Crippen molar-refractivity contribution in [2.75, 3.05) is 33.3 Å². The molecule has 0 unspecified atom stereocenters. The molecular weight excluding hydrogens is 312 g/mol. The Hall–Kier alpha value is -1.39. The minimum absolute atomic E-state index is 0.0648. The largest absolute Gasteiger partial charge is 0.364 e. The highest BCUT2D eigenvalue weighted by Gasteiger charge is 2.52. The number of morpholine rings is 1. The lowest BCUT2D eigenvalue weighted by atomic mass is 9.76. The van der Waals surface area contributed by atoms with Gasteiger partial charge in [0.1, 0.15) is 6.61 Å². The number of likely N-dealkylation sites (N-methyl/N-ethyl adjacent to an activating group) is 1. The number of piperidine rings is 1. The average molecular weight is 342 g/mol. The molecule has 1 amide bonds. The summed E-state index contributed by atoms with van der Waals surface area (Å²) < 4.78 is 6.11. The van der Waals surface area contributed by atoms with E-state index in [9.17, 15) is 4.79 Å². The van der Waals surface area contributed by atoms with Gasteiger partial charge in [-0.1, -0.05) is 49.6 Å². The number of ether oxygens (including phenoxy) is 1. The molecule has 0 radical (unpaired) electrons. The Morgan fingerprint density at radius 3 is 2.68 bits per heavy atom. The molecule has 25 heavy (non-hydrogen) atoms. The number of hydrogen-bond donors (Lipinski definition) is 0. The topological polar surface area (TPSA) is 32.8 Å². The molecule has 2 aliphatic heterocycles. The Morgan fingerprint density at radius 1 is 1.16 bits per heavy atom. The second kappa shape index (κ2) is 7.08. The van der Waals surface area contributed by atoms with Crippen molar-refractivity contribution >= 4 is 5.91 Å². The first-order chi connectivity index (χ1) is 12.2. The molecule has 4 heteroatoms. The van der Waals surface area contributed by atoms with E-state index < -0.39 is 0 Å². The van der Waals surface area contributed by atoms with Crippen molar-refractivity contribution in [3.8, 4) is 0 Å². The van der Waals surface area contributed by atoms with Crippen molar-refractivity contribution in [2.24, 2.45) is 5.92 Å². The number of carbonyl (C=O) groups excluding carboxylic acids is 1. The van der Waals surface area contributed by atoms with Crippen LogP contribution >= 0.6 is 0 Å². The van der Waals surface area contributed by atoms with Crippen molar-refractivity contribution in [1.82, 2.24) is 9.80 Å². The number of benzene rings is 1. The Balaban J connectivity index is 1.55. The smallest absolute Gasteiger partial charge is 0.249 e. The molecule has 1 aliphatic carbocycles. The summed E-state index contributed by atoms with van der Waals surface area (Å²) in [4.78, 5) is 17.0. The number of fused-ring (bicyclic) bond motifs is 1. The van der Waals surface area contributed by atoms with Gasteiger partial charge in [-0.25, -0.2) is 0 Å². The standard InChI is InChI=1S/C21H30N2O2/c1-22-20(24)16-25-19-15-23(14-17-8-4-2-5-9-17)13-12-21(19,22)18-10-6-3-7-11-18/h3,6-7,10-11,17,19H,2,4-5,8-9,12-16H2,1H3/t19-,21+/m1/s1. The fourth-order valence-corrected chi connectivity index (χ4v) is 5.18. The lowest BCUT2D eigenvalue weighted by Crippen LogP contribution is -2.67. The fraction of sp³-hybridized carbons (Fsp3) is 0.667. The van der Waals surface area contributed by atoms with Gasteiger partial charge >= 0.3 is 0 Å². The van der Waals surface area contributed by atoms with Crippen LogP contribution in [0.25, 0.3) is 0 Å². The number of likely N-dealkylation sites (tertiary alicyclic amines) is 1. The lowest BCUT2D eigenvalue weighted by Gasteiger charge is -2.55. The molecule has 0 bridgehead atoms. The summed E-state index contributed by atoms with van der Waals surface area (Å²) in [6.07, 6.45) is 7.97. The van der Waals surface area contributed by atoms with Gasteiger partial charge in [-0.15, -0.1) is 0 Å². The van der Waals surface area contributed by atoms with Gasteiger partial charge in [-0.3, -0.25) is 4.79 Å². The zero-order chi connectivity index (χ0) is 17.3. The van der Waals surface area contributed by atoms with Crippen LogP contribution in [0, 0.1) is 5.92 Å². The third-order valence-corrected chi connectivity index (χ3v) is 6.66. The van der Waals surface area contributed by atoms with Crippen LogP contribution in [0.4, 0.5) is 0 Å². The molecule has 2 heterocycles. The van der Waals surface area contributed by atoms with E-state index in [1.54, 1.807) is 0 Å². The highest BCUT2D eigenvalue weighted by atomic mass is 16.5. The molecule has 136 valence electrons. The molecular formula is C21H30N2O2. The van der Waals surface area contributed by atoms with Gasteiger partial charge in [0.15, 0.2) is 0 Å². The monoisotopic (exact) mass is 342 g/mol. The van der Waals surface area contributed by atoms with Crippen LogP contribution in [0.3, 0.4) is 0 Å². The average Bonchev–Trinajstić information content (AvgIpc) is 2.67.